The molecule has 2 unspecified atom stereocenters. The zero-order valence-electron chi connectivity index (χ0n) is 21.3. The molecule has 1 fully saturated rings. The van der Waals surface area contributed by atoms with Crippen molar-refractivity contribution >= 4 is 23.0 Å². The molecular weight excluding hydrogens is 463 g/mol. The van der Waals surface area contributed by atoms with E-state index in [4.69, 9.17) is 0 Å². The zero-order chi connectivity index (χ0) is 25.6. The summed E-state index contributed by atoms with van der Waals surface area (Å²) in [5, 5.41) is 0. The van der Waals surface area contributed by atoms with E-state index >= 15 is 0 Å². The quantitative estimate of drug-likeness (QED) is 0.411. The average molecular weight is 497 g/mol. The van der Waals surface area contributed by atoms with Crippen molar-refractivity contribution in [2.24, 2.45) is 11.8 Å². The zero-order valence-corrected chi connectivity index (χ0v) is 21.3. The lowest BCUT2D eigenvalue weighted by Gasteiger charge is -2.35. The van der Waals surface area contributed by atoms with Crippen LogP contribution in [0.15, 0.2) is 85.2 Å². The van der Waals surface area contributed by atoms with Gasteiger partial charge in [-0.1, -0.05) is 61.5 Å². The molecular formula is C31H33FN4O. The Morgan fingerprint density at radius 2 is 1.54 bits per heavy atom. The predicted molar refractivity (Wildman–Crippen MR) is 146 cm³/mol. The van der Waals surface area contributed by atoms with Gasteiger partial charge >= 0.3 is 0 Å². The molecule has 0 N–H and O–H groups in total. The number of halogens is 1. The number of carbonyl (C=O) groups is 1. The van der Waals surface area contributed by atoms with Crippen molar-refractivity contribution in [2.75, 3.05) is 31.1 Å². The standard InChI is InChI=1S/C31H33FN4O/c1-23-21-29(24-7-3-2-4-8-24)26(22-28(23)25-11-13-27(32)14-12-25)9-5-10-30(37)35-17-19-36(20-18-35)31-33-15-6-16-34-31/h2-4,6-8,11-16,21-23,26H,5,9-10,17-20H2,1H3. The molecule has 6 heteroatoms. The smallest absolute Gasteiger partial charge is 0.225 e. The third kappa shape index (κ3) is 5.96. The number of anilines is 1. The molecule has 2 heterocycles. The first-order valence-electron chi connectivity index (χ1n) is 13.1. The van der Waals surface area contributed by atoms with E-state index in [9.17, 15) is 9.18 Å². The molecule has 1 amide bonds. The Morgan fingerprint density at radius 3 is 2.24 bits per heavy atom. The van der Waals surface area contributed by atoms with Gasteiger partial charge in [0.2, 0.25) is 11.9 Å². The summed E-state index contributed by atoms with van der Waals surface area (Å²) < 4.78 is 13.5. The molecule has 2 aromatic carbocycles. The summed E-state index contributed by atoms with van der Waals surface area (Å²) in [6, 6.07) is 19.1. The number of carbonyl (C=O) groups excluding carboxylic acids is 1. The maximum absolute atomic E-state index is 13.5. The minimum Gasteiger partial charge on any atom is -0.339 e. The highest BCUT2D eigenvalue weighted by Gasteiger charge is 2.25. The van der Waals surface area contributed by atoms with Gasteiger partial charge in [0.25, 0.3) is 0 Å². The highest BCUT2D eigenvalue weighted by atomic mass is 19.1. The molecule has 1 aliphatic carbocycles. The van der Waals surface area contributed by atoms with E-state index < -0.39 is 0 Å². The minimum absolute atomic E-state index is 0.207. The van der Waals surface area contributed by atoms with Crippen LogP contribution in [0, 0.1) is 17.7 Å². The summed E-state index contributed by atoms with van der Waals surface area (Å²) in [4.78, 5) is 25.8. The number of aromatic nitrogens is 2. The van der Waals surface area contributed by atoms with E-state index in [1.54, 1.807) is 12.4 Å². The van der Waals surface area contributed by atoms with Crippen LogP contribution in [0.5, 0.6) is 0 Å². The average Bonchev–Trinajstić information content (AvgIpc) is 2.95. The number of hydrogen-bond acceptors (Lipinski definition) is 4. The molecule has 0 bridgehead atoms. The van der Waals surface area contributed by atoms with Crippen molar-refractivity contribution in [3.63, 3.8) is 0 Å². The van der Waals surface area contributed by atoms with E-state index in [1.807, 2.05) is 29.2 Å². The lowest BCUT2D eigenvalue weighted by Crippen LogP contribution is -2.49. The maximum atomic E-state index is 13.5. The summed E-state index contributed by atoms with van der Waals surface area (Å²) >= 11 is 0. The summed E-state index contributed by atoms with van der Waals surface area (Å²) in [6.45, 7) is 5.09. The van der Waals surface area contributed by atoms with E-state index in [0.29, 0.717) is 19.5 Å². The van der Waals surface area contributed by atoms with Gasteiger partial charge in [-0.15, -0.1) is 0 Å². The topological polar surface area (TPSA) is 49.3 Å². The lowest BCUT2D eigenvalue weighted by atomic mass is 9.77. The first-order chi connectivity index (χ1) is 18.1. The Labute approximate surface area is 218 Å². The minimum atomic E-state index is -0.222. The predicted octanol–water partition coefficient (Wildman–Crippen LogP) is 5.87. The fraction of sp³-hybridized carbons (Fsp3) is 0.323. The normalized spacial score (nSPS) is 19.8. The molecule has 5 nitrogen and oxygen atoms in total. The Morgan fingerprint density at radius 1 is 0.865 bits per heavy atom. The van der Waals surface area contributed by atoms with Crippen LogP contribution in [0.3, 0.4) is 0 Å². The summed E-state index contributed by atoms with van der Waals surface area (Å²) in [5.41, 5.74) is 4.80. The molecule has 5 rings (SSSR count). The molecule has 1 saturated heterocycles. The van der Waals surface area contributed by atoms with Crippen LogP contribution >= 0.6 is 0 Å². The monoisotopic (exact) mass is 496 g/mol. The fourth-order valence-electron chi connectivity index (χ4n) is 5.36. The second-order valence-corrected chi connectivity index (χ2v) is 9.82. The van der Waals surface area contributed by atoms with Gasteiger partial charge in [-0.3, -0.25) is 4.79 Å². The first-order valence-corrected chi connectivity index (χ1v) is 13.1. The third-order valence-corrected chi connectivity index (χ3v) is 7.36. The van der Waals surface area contributed by atoms with Crippen molar-refractivity contribution in [1.29, 1.82) is 0 Å². The maximum Gasteiger partial charge on any atom is 0.225 e. The van der Waals surface area contributed by atoms with Crippen LogP contribution in [0.4, 0.5) is 10.3 Å². The second kappa shape index (κ2) is 11.5. The number of benzene rings is 2. The summed E-state index contributed by atoms with van der Waals surface area (Å²) in [7, 11) is 0. The van der Waals surface area contributed by atoms with E-state index in [-0.39, 0.29) is 23.6 Å². The molecule has 3 aromatic rings. The first kappa shape index (κ1) is 24.9. The van der Waals surface area contributed by atoms with Gasteiger partial charge in [0.05, 0.1) is 0 Å². The molecule has 1 aliphatic heterocycles. The highest BCUT2D eigenvalue weighted by molar-refractivity contribution is 5.81. The van der Waals surface area contributed by atoms with Crippen molar-refractivity contribution in [3.05, 3.63) is 102 Å². The lowest BCUT2D eigenvalue weighted by molar-refractivity contribution is -0.131. The van der Waals surface area contributed by atoms with Crippen LogP contribution in [0.25, 0.3) is 11.1 Å². The fourth-order valence-corrected chi connectivity index (χ4v) is 5.36. The van der Waals surface area contributed by atoms with Crippen LogP contribution in [-0.2, 0) is 4.79 Å². The van der Waals surface area contributed by atoms with Crippen molar-refractivity contribution in [2.45, 2.75) is 26.2 Å². The number of rotatable bonds is 7. The summed E-state index contributed by atoms with van der Waals surface area (Å²) in [6.07, 6.45) is 10.4. The number of hydrogen-bond donors (Lipinski definition) is 0. The van der Waals surface area contributed by atoms with Gasteiger partial charge in [-0.25, -0.2) is 14.4 Å². The van der Waals surface area contributed by atoms with Gasteiger partial charge in [0, 0.05) is 50.9 Å². The Balaban J connectivity index is 1.23. The van der Waals surface area contributed by atoms with Crippen LogP contribution in [0.2, 0.25) is 0 Å². The Bertz CT molecular complexity index is 1250. The van der Waals surface area contributed by atoms with Crippen molar-refractivity contribution in [1.82, 2.24) is 14.9 Å². The van der Waals surface area contributed by atoms with Crippen LogP contribution in [-0.4, -0.2) is 47.0 Å². The number of nitrogens with zero attached hydrogens (tertiary/aromatic N) is 4. The van der Waals surface area contributed by atoms with E-state index in [1.165, 1.54) is 28.8 Å². The third-order valence-electron chi connectivity index (χ3n) is 7.36. The Hall–Kier alpha value is -3.80. The molecule has 0 saturated carbocycles. The number of amides is 1. The van der Waals surface area contributed by atoms with Crippen LogP contribution < -0.4 is 4.90 Å². The molecule has 2 aliphatic rings. The Kier molecular flexibility index (Phi) is 7.73. The number of allylic oxidation sites excluding steroid dienone is 4. The molecule has 0 radical (unpaired) electrons. The van der Waals surface area contributed by atoms with Gasteiger partial charge in [0.15, 0.2) is 0 Å². The number of piperazine rings is 1. The molecule has 190 valence electrons. The van der Waals surface area contributed by atoms with Gasteiger partial charge in [-0.05, 0) is 59.2 Å². The molecule has 1 aromatic heterocycles. The van der Waals surface area contributed by atoms with Crippen molar-refractivity contribution < 1.29 is 9.18 Å². The van der Waals surface area contributed by atoms with Crippen LogP contribution in [0.1, 0.15) is 37.3 Å². The molecule has 37 heavy (non-hydrogen) atoms. The van der Waals surface area contributed by atoms with Gasteiger partial charge < -0.3 is 9.80 Å². The second-order valence-electron chi connectivity index (χ2n) is 9.82. The van der Waals surface area contributed by atoms with Gasteiger partial charge in [0.1, 0.15) is 5.82 Å². The largest absolute Gasteiger partial charge is 0.339 e. The van der Waals surface area contributed by atoms with Gasteiger partial charge in [-0.2, -0.15) is 0 Å². The highest BCUT2D eigenvalue weighted by Crippen LogP contribution is 2.40. The van der Waals surface area contributed by atoms with E-state index in [0.717, 1.165) is 37.4 Å². The molecule has 0 spiro atoms. The molecule has 2 atom stereocenters. The SMILES string of the molecule is CC1C=C(c2ccccc2)C(CCCC(=O)N2CCN(c3ncccn3)CC2)C=C1c1ccc(F)cc1. The van der Waals surface area contributed by atoms with Crippen molar-refractivity contribution in [3.8, 4) is 0 Å². The summed E-state index contributed by atoms with van der Waals surface area (Å²) in [5.74, 6) is 1.15. The van der Waals surface area contributed by atoms with E-state index in [2.05, 4.69) is 58.2 Å².